The van der Waals surface area contributed by atoms with Gasteiger partial charge in [-0.1, -0.05) is 0 Å². The molecule has 0 spiro atoms. The molecule has 1 saturated heterocycles. The molecule has 1 N–H and O–H groups in total. The SMILES string of the molecule is Cc1cc(C)n(CCCNCCN2CCN(C)CC2)n1. The van der Waals surface area contributed by atoms with Crippen molar-refractivity contribution < 1.29 is 0 Å². The van der Waals surface area contributed by atoms with Gasteiger partial charge in [-0.05, 0) is 39.9 Å². The number of rotatable bonds is 7. The maximum atomic E-state index is 4.48. The van der Waals surface area contributed by atoms with Crippen molar-refractivity contribution in [1.29, 1.82) is 0 Å². The van der Waals surface area contributed by atoms with Crippen LogP contribution in [0.5, 0.6) is 0 Å². The van der Waals surface area contributed by atoms with Gasteiger partial charge in [-0.15, -0.1) is 0 Å². The monoisotopic (exact) mass is 279 g/mol. The molecule has 0 amide bonds. The Morgan fingerprint density at radius 2 is 1.85 bits per heavy atom. The fourth-order valence-electron chi connectivity index (χ4n) is 2.69. The van der Waals surface area contributed by atoms with Crippen LogP contribution in [0.25, 0.3) is 0 Å². The zero-order valence-electron chi connectivity index (χ0n) is 13.2. The summed E-state index contributed by atoms with van der Waals surface area (Å²) in [5, 5.41) is 8.03. The molecule has 1 aliphatic rings. The van der Waals surface area contributed by atoms with Crippen LogP contribution in [-0.2, 0) is 6.54 Å². The van der Waals surface area contributed by atoms with Gasteiger partial charge in [-0.25, -0.2) is 0 Å². The highest BCUT2D eigenvalue weighted by Crippen LogP contribution is 2.02. The van der Waals surface area contributed by atoms with E-state index in [1.54, 1.807) is 0 Å². The molecule has 5 heteroatoms. The largest absolute Gasteiger partial charge is 0.315 e. The van der Waals surface area contributed by atoms with Crippen LogP contribution in [-0.4, -0.2) is 72.4 Å². The quantitative estimate of drug-likeness (QED) is 0.747. The third-order valence-electron chi connectivity index (χ3n) is 4.03. The molecule has 1 aliphatic heterocycles. The van der Waals surface area contributed by atoms with Crippen LogP contribution in [0.1, 0.15) is 17.8 Å². The lowest BCUT2D eigenvalue weighted by Crippen LogP contribution is -2.46. The first-order valence-electron chi connectivity index (χ1n) is 7.78. The summed E-state index contributed by atoms with van der Waals surface area (Å²) in [6.45, 7) is 13.4. The average Bonchev–Trinajstić information content (AvgIpc) is 2.74. The number of likely N-dealkylation sites (N-methyl/N-ethyl adjacent to an activating group) is 1. The second-order valence-electron chi connectivity index (χ2n) is 5.90. The molecular weight excluding hydrogens is 250 g/mol. The fourth-order valence-corrected chi connectivity index (χ4v) is 2.69. The Balaban J connectivity index is 1.51. The predicted molar refractivity (Wildman–Crippen MR) is 83.1 cm³/mol. The van der Waals surface area contributed by atoms with Gasteiger partial charge in [-0.3, -0.25) is 9.58 Å². The molecule has 2 rings (SSSR count). The Labute approximate surface area is 122 Å². The van der Waals surface area contributed by atoms with Crippen LogP contribution < -0.4 is 5.32 Å². The van der Waals surface area contributed by atoms with Gasteiger partial charge < -0.3 is 10.2 Å². The van der Waals surface area contributed by atoms with E-state index in [2.05, 4.69) is 51.9 Å². The van der Waals surface area contributed by atoms with Crippen molar-refractivity contribution in [2.24, 2.45) is 0 Å². The highest BCUT2D eigenvalue weighted by Gasteiger charge is 2.12. The van der Waals surface area contributed by atoms with E-state index in [1.807, 2.05) is 0 Å². The maximum absolute atomic E-state index is 4.48. The summed E-state index contributed by atoms with van der Waals surface area (Å²) in [6.07, 6.45) is 1.14. The van der Waals surface area contributed by atoms with Crippen molar-refractivity contribution in [3.05, 3.63) is 17.5 Å². The predicted octanol–water partition coefficient (Wildman–Crippen LogP) is 0.727. The molecule has 0 bridgehead atoms. The first-order valence-corrected chi connectivity index (χ1v) is 7.78. The molecule has 0 atom stereocenters. The summed E-state index contributed by atoms with van der Waals surface area (Å²) in [5.74, 6) is 0. The second-order valence-corrected chi connectivity index (χ2v) is 5.90. The molecule has 114 valence electrons. The minimum atomic E-state index is 1.02. The van der Waals surface area contributed by atoms with Crippen molar-refractivity contribution in [2.75, 3.05) is 52.9 Å². The van der Waals surface area contributed by atoms with Crippen molar-refractivity contribution >= 4 is 0 Å². The zero-order valence-corrected chi connectivity index (χ0v) is 13.2. The van der Waals surface area contributed by atoms with E-state index in [4.69, 9.17) is 0 Å². The van der Waals surface area contributed by atoms with Gasteiger partial charge in [0, 0.05) is 51.5 Å². The molecule has 1 aromatic rings. The number of aryl methyl sites for hydroxylation is 3. The summed E-state index contributed by atoms with van der Waals surface area (Å²) in [5.41, 5.74) is 2.38. The number of nitrogens with zero attached hydrogens (tertiary/aromatic N) is 4. The van der Waals surface area contributed by atoms with Crippen LogP contribution >= 0.6 is 0 Å². The van der Waals surface area contributed by atoms with Gasteiger partial charge >= 0.3 is 0 Å². The highest BCUT2D eigenvalue weighted by atomic mass is 15.3. The first-order chi connectivity index (χ1) is 9.65. The van der Waals surface area contributed by atoms with Crippen LogP contribution in [0.2, 0.25) is 0 Å². The van der Waals surface area contributed by atoms with E-state index in [1.165, 1.54) is 38.4 Å². The van der Waals surface area contributed by atoms with E-state index in [9.17, 15) is 0 Å². The highest BCUT2D eigenvalue weighted by molar-refractivity contribution is 5.06. The molecule has 5 nitrogen and oxygen atoms in total. The molecule has 0 unspecified atom stereocenters. The summed E-state index contributed by atoms with van der Waals surface area (Å²) in [6, 6.07) is 2.14. The molecule has 0 aliphatic carbocycles. The molecule has 1 aromatic heterocycles. The van der Waals surface area contributed by atoms with E-state index in [0.29, 0.717) is 0 Å². The van der Waals surface area contributed by atoms with E-state index in [-0.39, 0.29) is 0 Å². The van der Waals surface area contributed by atoms with Crippen molar-refractivity contribution in [3.8, 4) is 0 Å². The molecular formula is C15H29N5. The van der Waals surface area contributed by atoms with Crippen molar-refractivity contribution in [1.82, 2.24) is 24.9 Å². The van der Waals surface area contributed by atoms with E-state index < -0.39 is 0 Å². The third kappa shape index (κ3) is 4.89. The second kappa shape index (κ2) is 7.76. The standard InChI is InChI=1S/C15H29N5/c1-14-13-15(2)20(17-14)7-4-5-16-6-8-19-11-9-18(3)10-12-19/h13,16H,4-12H2,1-3H3. The number of nitrogens with one attached hydrogen (secondary N) is 1. The normalized spacial score (nSPS) is 17.8. The zero-order chi connectivity index (χ0) is 14.4. The minimum absolute atomic E-state index is 1.02. The van der Waals surface area contributed by atoms with Crippen molar-refractivity contribution in [3.63, 3.8) is 0 Å². The van der Waals surface area contributed by atoms with E-state index >= 15 is 0 Å². The average molecular weight is 279 g/mol. The van der Waals surface area contributed by atoms with Crippen LogP contribution in [0.3, 0.4) is 0 Å². The Morgan fingerprint density at radius 3 is 2.50 bits per heavy atom. The summed E-state index contributed by atoms with van der Waals surface area (Å²) in [4.78, 5) is 4.95. The number of aromatic nitrogens is 2. The molecule has 1 fully saturated rings. The smallest absolute Gasteiger partial charge is 0.0596 e. The lowest BCUT2D eigenvalue weighted by Gasteiger charge is -2.32. The third-order valence-corrected chi connectivity index (χ3v) is 4.03. The van der Waals surface area contributed by atoms with Crippen LogP contribution in [0.15, 0.2) is 6.07 Å². The molecule has 2 heterocycles. The van der Waals surface area contributed by atoms with Gasteiger partial charge in [0.25, 0.3) is 0 Å². The fraction of sp³-hybridized carbons (Fsp3) is 0.800. The van der Waals surface area contributed by atoms with Gasteiger partial charge in [0.2, 0.25) is 0 Å². The lowest BCUT2D eigenvalue weighted by atomic mass is 10.3. The van der Waals surface area contributed by atoms with Gasteiger partial charge in [-0.2, -0.15) is 5.10 Å². The first kappa shape index (κ1) is 15.5. The van der Waals surface area contributed by atoms with Crippen molar-refractivity contribution in [2.45, 2.75) is 26.8 Å². The van der Waals surface area contributed by atoms with Gasteiger partial charge in [0.15, 0.2) is 0 Å². The Hall–Kier alpha value is -0.910. The van der Waals surface area contributed by atoms with Gasteiger partial charge in [0.1, 0.15) is 0 Å². The van der Waals surface area contributed by atoms with Crippen LogP contribution in [0, 0.1) is 13.8 Å². The Kier molecular flexibility index (Phi) is 6.01. The summed E-state index contributed by atoms with van der Waals surface area (Å²) >= 11 is 0. The maximum Gasteiger partial charge on any atom is 0.0596 e. The lowest BCUT2D eigenvalue weighted by molar-refractivity contribution is 0.155. The van der Waals surface area contributed by atoms with E-state index in [0.717, 1.165) is 31.7 Å². The Morgan fingerprint density at radius 1 is 1.10 bits per heavy atom. The molecule has 20 heavy (non-hydrogen) atoms. The number of hydrogen-bond donors (Lipinski definition) is 1. The minimum Gasteiger partial charge on any atom is -0.315 e. The molecule has 0 radical (unpaired) electrons. The van der Waals surface area contributed by atoms with Crippen LogP contribution in [0.4, 0.5) is 0 Å². The number of piperazine rings is 1. The number of hydrogen-bond acceptors (Lipinski definition) is 4. The summed E-state index contributed by atoms with van der Waals surface area (Å²) in [7, 11) is 2.20. The summed E-state index contributed by atoms with van der Waals surface area (Å²) < 4.78 is 2.11. The molecule has 0 saturated carbocycles. The Bertz CT molecular complexity index is 393. The van der Waals surface area contributed by atoms with Gasteiger partial charge in [0.05, 0.1) is 5.69 Å². The topological polar surface area (TPSA) is 36.3 Å². The molecule has 0 aromatic carbocycles.